The quantitative estimate of drug-likeness (QED) is 0.702. The summed E-state index contributed by atoms with van der Waals surface area (Å²) in [6, 6.07) is 11.3. The zero-order valence-electron chi connectivity index (χ0n) is 15.3. The number of aliphatic hydroxyl groups excluding tert-OH is 1. The molecule has 0 bridgehead atoms. The van der Waals surface area contributed by atoms with Gasteiger partial charge in [-0.2, -0.15) is 0 Å². The highest BCUT2D eigenvalue weighted by Gasteiger charge is 2.29. The summed E-state index contributed by atoms with van der Waals surface area (Å²) in [5.41, 5.74) is 3.46. The van der Waals surface area contributed by atoms with Crippen LogP contribution in [-0.2, 0) is 22.7 Å². The monoisotopic (exact) mass is 367 g/mol. The highest BCUT2D eigenvalue weighted by Crippen LogP contribution is 2.39. The summed E-state index contributed by atoms with van der Waals surface area (Å²) in [6.45, 7) is 2.95. The molecule has 1 N–H and O–H groups in total. The lowest BCUT2D eigenvalue weighted by atomic mass is 9.90. The fourth-order valence-corrected chi connectivity index (χ4v) is 3.61. The predicted molar refractivity (Wildman–Crippen MR) is 100.0 cm³/mol. The third kappa shape index (κ3) is 2.92. The highest BCUT2D eigenvalue weighted by atomic mass is 16.7. The highest BCUT2D eigenvalue weighted by molar-refractivity contribution is 5.93. The van der Waals surface area contributed by atoms with Crippen molar-refractivity contribution in [3.05, 3.63) is 59.3 Å². The zero-order chi connectivity index (χ0) is 19.0. The number of carbonyl (C=O) groups is 1. The topological polar surface area (TPSA) is 69.9 Å². The minimum absolute atomic E-state index is 0.0250. The number of aryl methyl sites for hydroxylation is 1. The Hall–Kier alpha value is -2.99. The molecule has 1 aliphatic heterocycles. The summed E-state index contributed by atoms with van der Waals surface area (Å²) in [5, 5.41) is 10.4. The minimum Gasteiger partial charge on any atom is -0.468 e. The maximum absolute atomic E-state index is 12.7. The molecule has 0 saturated carbocycles. The van der Waals surface area contributed by atoms with Crippen molar-refractivity contribution < 1.29 is 24.1 Å². The van der Waals surface area contributed by atoms with Gasteiger partial charge < -0.3 is 23.9 Å². The average molecular weight is 367 g/mol. The Morgan fingerprint density at radius 2 is 2.04 bits per heavy atom. The Bertz CT molecular complexity index is 1010. The van der Waals surface area contributed by atoms with E-state index >= 15 is 0 Å². The van der Waals surface area contributed by atoms with Crippen LogP contribution < -0.4 is 9.47 Å². The molecule has 2 aromatic carbocycles. The molecule has 1 aliphatic rings. The van der Waals surface area contributed by atoms with E-state index in [4.69, 9.17) is 14.2 Å². The Balaban J connectivity index is 1.90. The van der Waals surface area contributed by atoms with E-state index in [9.17, 15) is 9.90 Å². The molecule has 0 saturated heterocycles. The molecule has 2 heterocycles. The second kappa shape index (κ2) is 6.96. The number of esters is 1. The largest absolute Gasteiger partial charge is 0.468 e. The van der Waals surface area contributed by atoms with Gasteiger partial charge in [-0.1, -0.05) is 18.2 Å². The number of methoxy groups -OCH3 is 1. The summed E-state index contributed by atoms with van der Waals surface area (Å²) < 4.78 is 18.0. The third-order valence-electron chi connectivity index (χ3n) is 4.98. The average Bonchev–Trinajstić information content (AvgIpc) is 3.31. The number of hydrogen-bond acceptors (Lipinski definition) is 5. The van der Waals surface area contributed by atoms with E-state index in [1.165, 1.54) is 7.11 Å². The fraction of sp³-hybridized carbons (Fsp3) is 0.286. The van der Waals surface area contributed by atoms with Gasteiger partial charge in [-0.15, -0.1) is 0 Å². The van der Waals surface area contributed by atoms with Crippen LogP contribution in [0.25, 0.3) is 10.9 Å². The molecular weight excluding hydrogens is 346 g/mol. The first-order chi connectivity index (χ1) is 13.2. The summed E-state index contributed by atoms with van der Waals surface area (Å²) >= 11 is 0. The molecule has 6 nitrogen and oxygen atoms in total. The van der Waals surface area contributed by atoms with Gasteiger partial charge in [0.1, 0.15) is 5.92 Å². The molecule has 0 radical (unpaired) electrons. The smallest absolute Gasteiger partial charge is 0.317 e. The number of ether oxygens (including phenoxy) is 3. The molecule has 1 unspecified atom stereocenters. The molecule has 6 heteroatoms. The number of carbonyl (C=O) groups excluding carboxylic acids is 1. The minimum atomic E-state index is -0.584. The van der Waals surface area contributed by atoms with Crippen LogP contribution in [0.2, 0.25) is 0 Å². The van der Waals surface area contributed by atoms with Crippen molar-refractivity contribution in [2.45, 2.75) is 26.0 Å². The van der Waals surface area contributed by atoms with Gasteiger partial charge in [-0.3, -0.25) is 4.79 Å². The summed E-state index contributed by atoms with van der Waals surface area (Å²) in [4.78, 5) is 12.7. The molecule has 0 fully saturated rings. The predicted octanol–water partition coefficient (Wildman–Crippen LogP) is 3.19. The lowest BCUT2D eigenvalue weighted by Crippen LogP contribution is -2.15. The van der Waals surface area contributed by atoms with Crippen molar-refractivity contribution in [3.8, 4) is 11.5 Å². The van der Waals surface area contributed by atoms with Gasteiger partial charge in [0.05, 0.1) is 13.7 Å². The number of rotatable bonds is 5. The second-order valence-electron chi connectivity index (χ2n) is 6.45. The van der Waals surface area contributed by atoms with Crippen molar-refractivity contribution in [1.82, 2.24) is 4.57 Å². The van der Waals surface area contributed by atoms with Crippen molar-refractivity contribution in [1.29, 1.82) is 0 Å². The number of fused-ring (bicyclic) bond motifs is 2. The van der Waals surface area contributed by atoms with Gasteiger partial charge >= 0.3 is 5.97 Å². The molecule has 4 rings (SSSR count). The SMILES string of the molecule is CCn1cc(C(C(=O)OC)c2ccc3c(c2)OCO3)c2ccc(CO)cc21. The Labute approximate surface area is 156 Å². The summed E-state index contributed by atoms with van der Waals surface area (Å²) in [6.07, 6.45) is 1.98. The number of aliphatic hydroxyl groups is 1. The number of benzene rings is 2. The molecule has 0 spiro atoms. The summed E-state index contributed by atoms with van der Waals surface area (Å²) in [7, 11) is 1.39. The molecule has 27 heavy (non-hydrogen) atoms. The van der Waals surface area contributed by atoms with Crippen LogP contribution in [0.5, 0.6) is 11.5 Å². The van der Waals surface area contributed by atoms with Crippen LogP contribution in [0.1, 0.15) is 29.5 Å². The van der Waals surface area contributed by atoms with Gasteiger partial charge in [-0.25, -0.2) is 0 Å². The van der Waals surface area contributed by atoms with Crippen molar-refractivity contribution in [2.24, 2.45) is 0 Å². The Kier molecular flexibility index (Phi) is 4.49. The molecule has 1 atom stereocenters. The van der Waals surface area contributed by atoms with E-state index in [-0.39, 0.29) is 19.4 Å². The number of nitrogens with zero attached hydrogens (tertiary/aromatic N) is 1. The maximum Gasteiger partial charge on any atom is 0.317 e. The Morgan fingerprint density at radius 3 is 2.78 bits per heavy atom. The van der Waals surface area contributed by atoms with Crippen LogP contribution in [0.3, 0.4) is 0 Å². The van der Waals surface area contributed by atoms with Crippen molar-refractivity contribution in [2.75, 3.05) is 13.9 Å². The first kappa shape index (κ1) is 17.4. The van der Waals surface area contributed by atoms with Crippen LogP contribution in [0.15, 0.2) is 42.6 Å². The van der Waals surface area contributed by atoms with Gasteiger partial charge in [0.25, 0.3) is 0 Å². The molecule has 140 valence electrons. The van der Waals surface area contributed by atoms with Crippen LogP contribution in [-0.4, -0.2) is 29.5 Å². The fourth-order valence-electron chi connectivity index (χ4n) is 3.61. The van der Waals surface area contributed by atoms with Crippen molar-refractivity contribution >= 4 is 16.9 Å². The van der Waals surface area contributed by atoms with Crippen LogP contribution in [0, 0.1) is 0 Å². The van der Waals surface area contributed by atoms with E-state index in [1.807, 2.05) is 49.5 Å². The lowest BCUT2D eigenvalue weighted by Gasteiger charge is -2.15. The second-order valence-corrected chi connectivity index (χ2v) is 6.45. The van der Waals surface area contributed by atoms with Gasteiger partial charge in [0.2, 0.25) is 6.79 Å². The number of aromatic nitrogens is 1. The number of hydrogen-bond donors (Lipinski definition) is 1. The van der Waals surface area contributed by atoms with Gasteiger partial charge in [0.15, 0.2) is 11.5 Å². The lowest BCUT2D eigenvalue weighted by molar-refractivity contribution is -0.141. The van der Waals surface area contributed by atoms with Crippen molar-refractivity contribution in [3.63, 3.8) is 0 Å². The van der Waals surface area contributed by atoms with E-state index in [1.54, 1.807) is 0 Å². The maximum atomic E-state index is 12.7. The van der Waals surface area contributed by atoms with Gasteiger partial charge in [0, 0.05) is 23.6 Å². The zero-order valence-corrected chi connectivity index (χ0v) is 15.3. The molecule has 1 aromatic heterocycles. The van der Waals surface area contributed by atoms with Gasteiger partial charge in [-0.05, 0) is 41.8 Å². The molecule has 0 aliphatic carbocycles. The Morgan fingerprint density at radius 1 is 1.22 bits per heavy atom. The van der Waals surface area contributed by atoms with E-state index in [0.717, 1.165) is 34.1 Å². The first-order valence-electron chi connectivity index (χ1n) is 8.86. The molecule has 3 aromatic rings. The van der Waals surface area contributed by atoms with Crippen LogP contribution >= 0.6 is 0 Å². The van der Waals surface area contributed by atoms with E-state index in [0.29, 0.717) is 11.5 Å². The van der Waals surface area contributed by atoms with Crippen LogP contribution in [0.4, 0.5) is 0 Å². The standard InChI is InChI=1S/C21H21NO5/c1-3-22-10-16(15-6-4-13(11-23)8-17(15)22)20(21(24)25-2)14-5-7-18-19(9-14)27-12-26-18/h4-10,20,23H,3,11-12H2,1-2H3. The normalized spacial score (nSPS) is 13.7. The first-order valence-corrected chi connectivity index (χ1v) is 8.86. The molecular formula is C21H21NO5. The van der Waals surface area contributed by atoms with E-state index < -0.39 is 5.92 Å². The summed E-state index contributed by atoms with van der Waals surface area (Å²) in [5.74, 6) is 0.379. The molecule has 0 amide bonds. The third-order valence-corrected chi connectivity index (χ3v) is 4.98. The van der Waals surface area contributed by atoms with E-state index in [2.05, 4.69) is 4.57 Å².